The Kier molecular flexibility index (Phi) is 8.32. The molecule has 1 saturated heterocycles. The summed E-state index contributed by atoms with van der Waals surface area (Å²) in [4.78, 5) is 28.7. The van der Waals surface area contributed by atoms with E-state index in [4.69, 9.17) is 9.47 Å². The van der Waals surface area contributed by atoms with Gasteiger partial charge in [-0.15, -0.1) is 0 Å². The number of nitrogens with one attached hydrogen (secondary N) is 2. The molecule has 2 N–H and O–H groups in total. The zero-order valence-electron chi connectivity index (χ0n) is 23.2. The molecule has 1 atom stereocenters. The lowest BCUT2D eigenvalue weighted by Gasteiger charge is -2.32. The van der Waals surface area contributed by atoms with Gasteiger partial charge in [0.05, 0.1) is 42.8 Å². The highest BCUT2D eigenvalue weighted by molar-refractivity contribution is 6.02. The molecule has 0 unspecified atom stereocenters. The second-order valence-corrected chi connectivity index (χ2v) is 9.57. The summed E-state index contributed by atoms with van der Waals surface area (Å²) in [5.41, 5.74) is 3.64. The number of anilines is 4. The van der Waals surface area contributed by atoms with Crippen LogP contribution in [0.3, 0.4) is 0 Å². The number of pyridine rings is 2. The number of benzene rings is 1. The second-order valence-electron chi connectivity index (χ2n) is 9.57. The van der Waals surface area contributed by atoms with Crippen LogP contribution in [-0.2, 0) is 11.8 Å². The number of hydrogen-bond acceptors (Lipinski definition) is 10. The molecule has 0 spiro atoms. The molecule has 11 heteroatoms. The summed E-state index contributed by atoms with van der Waals surface area (Å²) < 4.78 is 12.9. The van der Waals surface area contributed by atoms with Crippen molar-refractivity contribution < 1.29 is 14.3 Å². The van der Waals surface area contributed by atoms with Crippen molar-refractivity contribution in [3.05, 3.63) is 66.2 Å². The SMILES string of the molecule is CCC(=O)c1cnc(Nc2ccc([C@H](C)N3CCOCC3)cn2)cc1Nc1cccc(-c2ncn(C)n2)c1OC. The predicted molar refractivity (Wildman–Crippen MR) is 153 cm³/mol. The van der Waals surface area contributed by atoms with E-state index in [1.807, 2.05) is 44.4 Å². The number of ether oxygens (including phenoxy) is 2. The Morgan fingerprint density at radius 3 is 2.52 bits per heavy atom. The molecule has 0 saturated carbocycles. The van der Waals surface area contributed by atoms with E-state index in [-0.39, 0.29) is 11.8 Å². The average Bonchev–Trinajstić information content (AvgIpc) is 3.43. The number of nitrogens with zero attached hydrogens (tertiary/aromatic N) is 6. The van der Waals surface area contributed by atoms with Crippen LogP contribution in [-0.4, -0.2) is 68.8 Å². The van der Waals surface area contributed by atoms with Crippen molar-refractivity contribution in [1.29, 1.82) is 0 Å². The Labute approximate surface area is 233 Å². The van der Waals surface area contributed by atoms with Gasteiger partial charge in [-0.2, -0.15) is 5.10 Å². The first-order valence-electron chi connectivity index (χ1n) is 13.3. The van der Waals surface area contributed by atoms with Gasteiger partial charge in [0.1, 0.15) is 18.0 Å². The molecule has 208 valence electrons. The lowest BCUT2D eigenvalue weighted by molar-refractivity contribution is 0.0198. The highest BCUT2D eigenvalue weighted by Gasteiger charge is 2.20. The van der Waals surface area contributed by atoms with Gasteiger partial charge in [-0.25, -0.2) is 15.0 Å². The minimum atomic E-state index is -0.0253. The van der Waals surface area contributed by atoms with Crippen molar-refractivity contribution in [1.82, 2.24) is 29.6 Å². The maximum atomic E-state index is 12.8. The van der Waals surface area contributed by atoms with E-state index in [1.54, 1.807) is 30.4 Å². The van der Waals surface area contributed by atoms with Crippen LogP contribution in [0.25, 0.3) is 11.4 Å². The molecule has 1 aliphatic rings. The number of carbonyl (C=O) groups excluding carboxylic acids is 1. The fraction of sp³-hybridized carbons (Fsp3) is 0.345. The smallest absolute Gasteiger partial charge is 0.184 e. The summed E-state index contributed by atoms with van der Waals surface area (Å²) in [5, 5.41) is 11.1. The topological polar surface area (TPSA) is 119 Å². The van der Waals surface area contributed by atoms with E-state index in [0.29, 0.717) is 46.6 Å². The standard InChI is InChI=1S/C29H34N8O3/c1-5-25(38)22-17-31-27(34-26-10-9-20(16-30-26)19(2)37-11-13-40-14-12-37)15-24(22)33-23-8-6-7-21(28(23)39-4)29-32-18-36(3)35-29/h6-10,15-19H,5,11-14H2,1-4H3,(H2,30,31,33,34)/t19-/m0/s1. The van der Waals surface area contributed by atoms with Gasteiger partial charge in [-0.1, -0.05) is 19.1 Å². The number of para-hydroxylation sites is 1. The van der Waals surface area contributed by atoms with Crippen molar-refractivity contribution in [2.75, 3.05) is 44.0 Å². The number of ketones is 1. The zero-order valence-corrected chi connectivity index (χ0v) is 23.2. The van der Waals surface area contributed by atoms with Gasteiger partial charge >= 0.3 is 0 Å². The first-order valence-corrected chi connectivity index (χ1v) is 13.3. The average molecular weight is 543 g/mol. The molecule has 5 rings (SSSR count). The largest absolute Gasteiger partial charge is 0.494 e. The normalized spacial score (nSPS) is 14.5. The maximum absolute atomic E-state index is 12.8. The van der Waals surface area contributed by atoms with Gasteiger partial charge in [0.2, 0.25) is 0 Å². The molecule has 3 aromatic heterocycles. The third-order valence-corrected chi connectivity index (χ3v) is 6.97. The van der Waals surface area contributed by atoms with Crippen LogP contribution in [0.4, 0.5) is 23.0 Å². The number of rotatable bonds is 10. The summed E-state index contributed by atoms with van der Waals surface area (Å²) in [7, 11) is 3.41. The highest BCUT2D eigenvalue weighted by atomic mass is 16.5. The Hall–Kier alpha value is -4.35. The molecule has 0 radical (unpaired) electrons. The predicted octanol–water partition coefficient (Wildman–Crippen LogP) is 4.75. The van der Waals surface area contributed by atoms with Crippen LogP contribution in [0.5, 0.6) is 5.75 Å². The summed E-state index contributed by atoms with van der Waals surface area (Å²) in [6, 6.07) is 11.7. The van der Waals surface area contributed by atoms with Gasteiger partial charge in [0, 0.05) is 51.1 Å². The Morgan fingerprint density at radius 2 is 1.85 bits per heavy atom. The molecule has 4 heterocycles. The van der Waals surface area contributed by atoms with Crippen molar-refractivity contribution in [2.45, 2.75) is 26.3 Å². The monoisotopic (exact) mass is 542 g/mol. The number of carbonyl (C=O) groups is 1. The number of morpholine rings is 1. The van der Waals surface area contributed by atoms with E-state index in [1.165, 1.54) is 0 Å². The van der Waals surface area contributed by atoms with Gasteiger partial charge in [0.15, 0.2) is 17.4 Å². The number of aromatic nitrogens is 5. The van der Waals surface area contributed by atoms with E-state index in [0.717, 1.165) is 37.4 Å². The van der Waals surface area contributed by atoms with Crippen LogP contribution in [0.2, 0.25) is 0 Å². The maximum Gasteiger partial charge on any atom is 0.184 e. The van der Waals surface area contributed by atoms with E-state index >= 15 is 0 Å². The first-order chi connectivity index (χ1) is 19.5. The molecule has 40 heavy (non-hydrogen) atoms. The molecule has 0 amide bonds. The summed E-state index contributed by atoms with van der Waals surface area (Å²) >= 11 is 0. The van der Waals surface area contributed by atoms with Crippen molar-refractivity contribution >= 4 is 28.8 Å². The van der Waals surface area contributed by atoms with Crippen LogP contribution < -0.4 is 15.4 Å². The molecule has 11 nitrogen and oxygen atoms in total. The summed E-state index contributed by atoms with van der Waals surface area (Å²) in [6.07, 6.45) is 5.46. The van der Waals surface area contributed by atoms with Crippen LogP contribution >= 0.6 is 0 Å². The molecule has 1 fully saturated rings. The van der Waals surface area contributed by atoms with Crippen molar-refractivity contribution in [3.63, 3.8) is 0 Å². The number of Topliss-reactive ketones (excluding diaryl/α,β-unsaturated/α-hetero) is 1. The fourth-order valence-electron chi connectivity index (χ4n) is 4.71. The zero-order chi connectivity index (χ0) is 28.1. The van der Waals surface area contributed by atoms with Gasteiger partial charge < -0.3 is 20.1 Å². The van der Waals surface area contributed by atoms with Crippen LogP contribution in [0, 0.1) is 0 Å². The number of aryl methyl sites for hydroxylation is 1. The van der Waals surface area contributed by atoms with E-state index < -0.39 is 0 Å². The molecule has 1 aromatic carbocycles. The lowest BCUT2D eigenvalue weighted by Crippen LogP contribution is -2.38. The third-order valence-electron chi connectivity index (χ3n) is 6.97. The van der Waals surface area contributed by atoms with Crippen LogP contribution in [0.15, 0.2) is 55.1 Å². The first kappa shape index (κ1) is 27.2. The van der Waals surface area contributed by atoms with Crippen LogP contribution in [0.1, 0.15) is 42.2 Å². The summed E-state index contributed by atoms with van der Waals surface area (Å²) in [5.74, 6) is 2.30. The second kappa shape index (κ2) is 12.2. The van der Waals surface area contributed by atoms with Crippen molar-refractivity contribution in [3.8, 4) is 17.1 Å². The van der Waals surface area contributed by atoms with Gasteiger partial charge in [-0.3, -0.25) is 14.4 Å². The molecule has 0 aliphatic carbocycles. The lowest BCUT2D eigenvalue weighted by atomic mass is 10.1. The molecular formula is C29H34N8O3. The molecular weight excluding hydrogens is 508 g/mol. The number of methoxy groups -OCH3 is 1. The molecule has 4 aromatic rings. The quantitative estimate of drug-likeness (QED) is 0.272. The van der Waals surface area contributed by atoms with Crippen molar-refractivity contribution in [2.24, 2.45) is 7.05 Å². The summed E-state index contributed by atoms with van der Waals surface area (Å²) in [6.45, 7) is 7.35. The number of hydrogen-bond donors (Lipinski definition) is 2. The van der Waals surface area contributed by atoms with E-state index in [9.17, 15) is 4.79 Å². The third kappa shape index (κ3) is 5.95. The minimum absolute atomic E-state index is 0.0253. The fourth-order valence-corrected chi connectivity index (χ4v) is 4.71. The van der Waals surface area contributed by atoms with E-state index in [2.05, 4.69) is 48.6 Å². The molecule has 0 bridgehead atoms. The van der Waals surface area contributed by atoms with Gasteiger partial charge in [-0.05, 0) is 30.7 Å². The van der Waals surface area contributed by atoms with Gasteiger partial charge in [0.25, 0.3) is 0 Å². The Bertz CT molecular complexity index is 1460. The highest BCUT2D eigenvalue weighted by Crippen LogP contribution is 2.37. The Balaban J connectivity index is 1.40. The molecule has 1 aliphatic heterocycles. The minimum Gasteiger partial charge on any atom is -0.494 e. The Morgan fingerprint density at radius 1 is 1.05 bits per heavy atom.